The van der Waals surface area contributed by atoms with E-state index in [-0.39, 0.29) is 5.91 Å². The van der Waals surface area contributed by atoms with Gasteiger partial charge < -0.3 is 10.2 Å². The van der Waals surface area contributed by atoms with Crippen LogP contribution < -0.4 is 10.2 Å². The van der Waals surface area contributed by atoms with Crippen molar-refractivity contribution in [3.8, 4) is 0 Å². The zero-order valence-electron chi connectivity index (χ0n) is 16.5. The second-order valence-electron chi connectivity index (χ2n) is 7.45. The van der Waals surface area contributed by atoms with Gasteiger partial charge in [-0.15, -0.1) is 0 Å². The largest absolute Gasteiger partial charge is 0.357 e. The number of carbonyl (C=O) groups is 1. The van der Waals surface area contributed by atoms with Crippen LogP contribution in [0, 0.1) is 6.92 Å². The number of benzene rings is 2. The number of anilines is 2. The van der Waals surface area contributed by atoms with E-state index in [0.717, 1.165) is 45.5 Å². The fourth-order valence-corrected chi connectivity index (χ4v) is 3.93. The summed E-state index contributed by atoms with van der Waals surface area (Å²) in [6.07, 6.45) is 7.13. The van der Waals surface area contributed by atoms with Crippen LogP contribution in [0.2, 0.25) is 0 Å². The Labute approximate surface area is 179 Å². The highest BCUT2D eigenvalue weighted by molar-refractivity contribution is 9.10. The highest BCUT2D eigenvalue weighted by atomic mass is 79.9. The summed E-state index contributed by atoms with van der Waals surface area (Å²) in [5, 5.41) is 4.02. The fraction of sp³-hybridized carbons (Fsp3) is 0.250. The van der Waals surface area contributed by atoms with Crippen LogP contribution in [0.15, 0.2) is 59.1 Å². The Morgan fingerprint density at radius 1 is 1.07 bits per heavy atom. The lowest BCUT2D eigenvalue weighted by molar-refractivity contribution is -0.111. The van der Waals surface area contributed by atoms with E-state index in [1.54, 1.807) is 12.2 Å². The quantitative estimate of drug-likeness (QED) is 0.500. The summed E-state index contributed by atoms with van der Waals surface area (Å²) in [6.45, 7) is 4.27. The van der Waals surface area contributed by atoms with E-state index >= 15 is 0 Å². The first-order valence-electron chi connectivity index (χ1n) is 9.99. The summed E-state index contributed by atoms with van der Waals surface area (Å²) in [6, 6.07) is 15.9. The maximum Gasteiger partial charge on any atom is 0.248 e. The molecule has 5 heteroatoms. The number of hydrogen-bond donors (Lipinski definition) is 1. The van der Waals surface area contributed by atoms with Crippen LogP contribution in [0.25, 0.3) is 17.0 Å². The Hall–Kier alpha value is -2.66. The van der Waals surface area contributed by atoms with E-state index in [1.807, 2.05) is 42.5 Å². The lowest BCUT2D eigenvalue weighted by Gasteiger charge is -2.28. The minimum Gasteiger partial charge on any atom is -0.357 e. The van der Waals surface area contributed by atoms with E-state index in [4.69, 9.17) is 4.98 Å². The second kappa shape index (κ2) is 8.78. The fourth-order valence-electron chi connectivity index (χ4n) is 3.67. The number of amides is 1. The number of hydrogen-bond acceptors (Lipinski definition) is 3. The van der Waals surface area contributed by atoms with Gasteiger partial charge in [0, 0.05) is 34.7 Å². The van der Waals surface area contributed by atoms with Gasteiger partial charge >= 0.3 is 0 Å². The maximum atomic E-state index is 12.3. The molecule has 0 bridgehead atoms. The number of nitrogens with zero attached hydrogens (tertiary/aromatic N) is 2. The van der Waals surface area contributed by atoms with Crippen molar-refractivity contribution in [2.24, 2.45) is 0 Å². The average molecular weight is 450 g/mol. The van der Waals surface area contributed by atoms with Gasteiger partial charge in [-0.25, -0.2) is 4.98 Å². The van der Waals surface area contributed by atoms with Crippen LogP contribution in [-0.2, 0) is 4.79 Å². The van der Waals surface area contributed by atoms with Gasteiger partial charge in [0.1, 0.15) is 5.82 Å². The van der Waals surface area contributed by atoms with Crippen LogP contribution in [0.5, 0.6) is 0 Å². The van der Waals surface area contributed by atoms with Crippen molar-refractivity contribution in [3.63, 3.8) is 0 Å². The molecule has 1 saturated heterocycles. The molecule has 3 aromatic rings. The van der Waals surface area contributed by atoms with Gasteiger partial charge in [0.25, 0.3) is 0 Å². The molecule has 1 aromatic heterocycles. The molecule has 1 fully saturated rings. The van der Waals surface area contributed by atoms with Gasteiger partial charge in [-0.2, -0.15) is 0 Å². The van der Waals surface area contributed by atoms with Crippen LogP contribution >= 0.6 is 15.9 Å². The molecule has 2 heterocycles. The summed E-state index contributed by atoms with van der Waals surface area (Å²) in [5.74, 6) is 0.909. The maximum absolute atomic E-state index is 12.3. The molecule has 148 valence electrons. The Bertz CT molecular complexity index is 1050. The summed E-state index contributed by atoms with van der Waals surface area (Å²) in [5.41, 5.74) is 3.90. The number of nitrogens with one attached hydrogen (secondary N) is 1. The van der Waals surface area contributed by atoms with Crippen molar-refractivity contribution in [3.05, 3.63) is 70.2 Å². The van der Waals surface area contributed by atoms with Gasteiger partial charge in [0.05, 0.1) is 5.52 Å². The van der Waals surface area contributed by atoms with Gasteiger partial charge in [-0.1, -0.05) is 28.1 Å². The number of rotatable bonds is 4. The number of piperidine rings is 1. The predicted molar refractivity (Wildman–Crippen MR) is 124 cm³/mol. The number of halogens is 1. The molecule has 1 aliphatic rings. The summed E-state index contributed by atoms with van der Waals surface area (Å²) >= 11 is 3.41. The normalized spacial score (nSPS) is 14.5. The molecule has 0 saturated carbocycles. The SMILES string of the molecule is Cc1cc(N2CCCCC2)nc2ccc(NC(=O)C=Cc3ccc(Br)cc3)cc12. The van der Waals surface area contributed by atoms with Gasteiger partial charge in [-0.05, 0) is 79.8 Å². The number of aromatic nitrogens is 1. The first kappa shape index (κ1) is 19.6. The summed E-state index contributed by atoms with van der Waals surface area (Å²) < 4.78 is 1.02. The van der Waals surface area contributed by atoms with Crippen LogP contribution in [-0.4, -0.2) is 24.0 Å². The Balaban J connectivity index is 1.50. The molecule has 0 spiro atoms. The first-order chi connectivity index (χ1) is 14.1. The highest BCUT2D eigenvalue weighted by Gasteiger charge is 2.14. The molecule has 0 atom stereocenters. The average Bonchev–Trinajstić information content (AvgIpc) is 2.74. The Morgan fingerprint density at radius 3 is 2.59 bits per heavy atom. The zero-order valence-corrected chi connectivity index (χ0v) is 18.1. The number of aryl methyl sites for hydroxylation is 1. The van der Waals surface area contributed by atoms with Crippen LogP contribution in [0.4, 0.5) is 11.5 Å². The molecule has 0 aliphatic carbocycles. The van der Waals surface area contributed by atoms with Crippen molar-refractivity contribution in [2.45, 2.75) is 26.2 Å². The minimum absolute atomic E-state index is 0.150. The van der Waals surface area contributed by atoms with E-state index in [9.17, 15) is 4.79 Å². The molecule has 0 radical (unpaired) electrons. The topological polar surface area (TPSA) is 45.2 Å². The van der Waals surface area contributed by atoms with Crippen molar-refractivity contribution in [2.75, 3.05) is 23.3 Å². The molecular weight excluding hydrogens is 426 g/mol. The minimum atomic E-state index is -0.150. The molecule has 2 aromatic carbocycles. The Kier molecular flexibility index (Phi) is 5.95. The van der Waals surface area contributed by atoms with Crippen LogP contribution in [0.3, 0.4) is 0 Å². The molecule has 1 amide bonds. The summed E-state index contributed by atoms with van der Waals surface area (Å²) in [4.78, 5) is 19.5. The lowest BCUT2D eigenvalue weighted by Crippen LogP contribution is -2.30. The van der Waals surface area contributed by atoms with E-state index in [2.05, 4.69) is 39.1 Å². The van der Waals surface area contributed by atoms with E-state index in [0.29, 0.717) is 0 Å². The first-order valence-corrected chi connectivity index (χ1v) is 10.8. The summed E-state index contributed by atoms with van der Waals surface area (Å²) in [7, 11) is 0. The number of fused-ring (bicyclic) bond motifs is 1. The van der Waals surface area contributed by atoms with Crippen molar-refractivity contribution >= 4 is 50.3 Å². The van der Waals surface area contributed by atoms with E-state index in [1.165, 1.54) is 24.8 Å². The predicted octanol–water partition coefficient (Wildman–Crippen LogP) is 5.95. The standard InChI is InChI=1S/C24H24BrN3O/c1-17-15-23(28-13-3-2-4-14-28)27-22-11-10-20(16-21(17)22)26-24(29)12-7-18-5-8-19(25)9-6-18/h5-12,15-16H,2-4,13-14H2,1H3,(H,26,29). The molecule has 29 heavy (non-hydrogen) atoms. The molecule has 1 aliphatic heterocycles. The van der Waals surface area contributed by atoms with Crippen molar-refractivity contribution in [1.29, 1.82) is 0 Å². The van der Waals surface area contributed by atoms with Crippen LogP contribution in [0.1, 0.15) is 30.4 Å². The number of pyridine rings is 1. The van der Waals surface area contributed by atoms with Crippen molar-refractivity contribution in [1.82, 2.24) is 4.98 Å². The molecule has 4 rings (SSSR count). The van der Waals surface area contributed by atoms with Gasteiger partial charge in [0.15, 0.2) is 0 Å². The third-order valence-electron chi connectivity index (χ3n) is 5.25. The zero-order chi connectivity index (χ0) is 20.2. The highest BCUT2D eigenvalue weighted by Crippen LogP contribution is 2.27. The molecule has 0 unspecified atom stereocenters. The monoisotopic (exact) mass is 449 g/mol. The third-order valence-corrected chi connectivity index (χ3v) is 5.78. The lowest BCUT2D eigenvalue weighted by atomic mass is 10.1. The van der Waals surface area contributed by atoms with Crippen molar-refractivity contribution < 1.29 is 4.79 Å². The smallest absolute Gasteiger partial charge is 0.248 e. The molecule has 1 N–H and O–H groups in total. The molecule has 4 nitrogen and oxygen atoms in total. The third kappa shape index (κ3) is 4.85. The van der Waals surface area contributed by atoms with Gasteiger partial charge in [-0.3, -0.25) is 4.79 Å². The molecular formula is C24H24BrN3O. The second-order valence-corrected chi connectivity index (χ2v) is 8.37. The van der Waals surface area contributed by atoms with E-state index < -0.39 is 0 Å². The van der Waals surface area contributed by atoms with Gasteiger partial charge in [0.2, 0.25) is 5.91 Å². The Morgan fingerprint density at radius 2 is 1.83 bits per heavy atom. The number of carbonyl (C=O) groups excluding carboxylic acids is 1.